The van der Waals surface area contributed by atoms with Crippen LogP contribution in [0.2, 0.25) is 0 Å². The van der Waals surface area contributed by atoms with Crippen LogP contribution in [0.3, 0.4) is 0 Å². The van der Waals surface area contributed by atoms with Gasteiger partial charge < -0.3 is 5.11 Å². The summed E-state index contributed by atoms with van der Waals surface area (Å²) >= 11 is 0. The van der Waals surface area contributed by atoms with Crippen molar-refractivity contribution in [3.8, 4) is 0 Å². The van der Waals surface area contributed by atoms with Crippen LogP contribution in [0, 0.1) is 0 Å². The molecule has 3 heteroatoms. The maximum Gasteiger partial charge on any atom is 0.303 e. The van der Waals surface area contributed by atoms with Crippen molar-refractivity contribution in [3.63, 3.8) is 0 Å². The minimum absolute atomic E-state index is 0. The molecule has 1 rings (SSSR count). The third-order valence-electron chi connectivity index (χ3n) is 1.47. The van der Waals surface area contributed by atoms with Crippen molar-refractivity contribution in [1.29, 1.82) is 0 Å². The van der Waals surface area contributed by atoms with Gasteiger partial charge in [-0.1, -0.05) is 30.3 Å². The van der Waals surface area contributed by atoms with E-state index in [4.69, 9.17) is 5.11 Å². The number of carbonyl (C=O) groups is 1. The average Bonchev–Trinajstić information content (AvgIpc) is 2.03. The van der Waals surface area contributed by atoms with Crippen LogP contribution in [0.15, 0.2) is 30.3 Å². The molecule has 0 bridgehead atoms. The number of hydrogen-bond acceptors (Lipinski definition) is 1. The van der Waals surface area contributed by atoms with E-state index in [2.05, 4.69) is 0 Å². The van der Waals surface area contributed by atoms with Crippen LogP contribution in [0.4, 0.5) is 0 Å². The Labute approximate surface area is 92.1 Å². The van der Waals surface area contributed by atoms with Crippen molar-refractivity contribution >= 4 is 5.97 Å². The standard InChI is InChI=1S/C9H10O2.Hg/c10-9(11)7-6-8-4-2-1-3-5-8;/h1-5H,6-7H2,(H,10,11);. The maximum atomic E-state index is 10.2. The number of carboxylic acid groups (broad SMARTS) is 1. The van der Waals surface area contributed by atoms with Crippen molar-refractivity contribution in [3.05, 3.63) is 35.9 Å². The second-order valence-corrected chi connectivity index (χ2v) is 2.38. The Kier molecular flexibility index (Phi) is 5.98. The van der Waals surface area contributed by atoms with E-state index in [1.807, 2.05) is 30.3 Å². The van der Waals surface area contributed by atoms with E-state index in [-0.39, 0.29) is 34.1 Å². The molecule has 12 heavy (non-hydrogen) atoms. The van der Waals surface area contributed by atoms with Crippen LogP contribution >= 0.6 is 0 Å². The summed E-state index contributed by atoms with van der Waals surface area (Å²) in [6.45, 7) is 0. The summed E-state index contributed by atoms with van der Waals surface area (Å²) < 4.78 is 0. The zero-order valence-corrected chi connectivity index (χ0v) is 12.4. The Morgan fingerprint density at radius 2 is 1.83 bits per heavy atom. The molecule has 1 N–H and O–H groups in total. The minimum atomic E-state index is -0.742. The van der Waals surface area contributed by atoms with Gasteiger partial charge in [0.25, 0.3) is 0 Å². The van der Waals surface area contributed by atoms with Crippen LogP contribution in [0.1, 0.15) is 12.0 Å². The monoisotopic (exact) mass is 352 g/mol. The van der Waals surface area contributed by atoms with Gasteiger partial charge >= 0.3 is 5.97 Å². The van der Waals surface area contributed by atoms with Gasteiger partial charge in [0.05, 0.1) is 0 Å². The van der Waals surface area contributed by atoms with Crippen LogP contribution in [0.25, 0.3) is 0 Å². The molecule has 0 spiro atoms. The van der Waals surface area contributed by atoms with Crippen LogP contribution in [-0.4, -0.2) is 11.1 Å². The first-order chi connectivity index (χ1) is 5.29. The summed E-state index contributed by atoms with van der Waals surface area (Å²) in [5.74, 6) is -0.742. The number of carboxylic acids is 1. The first kappa shape index (κ1) is 11.6. The molecule has 2 nitrogen and oxygen atoms in total. The fourth-order valence-electron chi connectivity index (χ4n) is 0.896. The normalized spacial score (nSPS) is 8.67. The Hall–Kier alpha value is -0.375. The molecular weight excluding hydrogens is 341 g/mol. The predicted octanol–water partition coefficient (Wildman–Crippen LogP) is 1.70. The summed E-state index contributed by atoms with van der Waals surface area (Å²) in [6, 6.07) is 9.62. The molecule has 0 saturated heterocycles. The molecule has 0 aliphatic carbocycles. The maximum absolute atomic E-state index is 10.2. The third-order valence-corrected chi connectivity index (χ3v) is 1.47. The van der Waals surface area contributed by atoms with Crippen molar-refractivity contribution in [2.75, 3.05) is 0 Å². The van der Waals surface area contributed by atoms with E-state index in [0.717, 1.165) is 5.56 Å². The summed E-state index contributed by atoms with van der Waals surface area (Å²) in [5.41, 5.74) is 1.08. The van der Waals surface area contributed by atoms with E-state index in [1.165, 1.54) is 0 Å². The van der Waals surface area contributed by atoms with Crippen LogP contribution < -0.4 is 0 Å². The number of aliphatic carboxylic acids is 1. The summed E-state index contributed by atoms with van der Waals surface area (Å²) in [6.07, 6.45) is 0.834. The van der Waals surface area contributed by atoms with Gasteiger partial charge in [0.2, 0.25) is 0 Å². The molecule has 0 unspecified atom stereocenters. The molecule has 0 radical (unpaired) electrons. The van der Waals surface area contributed by atoms with Crippen molar-refractivity contribution in [2.45, 2.75) is 12.8 Å². The first-order valence-corrected chi connectivity index (χ1v) is 3.55. The van der Waals surface area contributed by atoms with Crippen LogP contribution in [-0.2, 0) is 38.9 Å². The number of benzene rings is 1. The zero-order chi connectivity index (χ0) is 8.10. The molecule has 0 aliphatic rings. The fraction of sp³-hybridized carbons (Fsp3) is 0.222. The molecule has 60 valence electrons. The Morgan fingerprint density at radius 1 is 1.25 bits per heavy atom. The molecule has 0 heterocycles. The third kappa shape index (κ3) is 4.49. The van der Waals surface area contributed by atoms with Gasteiger partial charge in [-0.15, -0.1) is 0 Å². The molecule has 0 aromatic heterocycles. The second-order valence-electron chi connectivity index (χ2n) is 2.38. The Bertz CT molecular complexity index is 234. The van der Waals surface area contributed by atoms with Gasteiger partial charge in [-0.25, -0.2) is 0 Å². The molecule has 0 fully saturated rings. The largest absolute Gasteiger partial charge is 0.481 e. The van der Waals surface area contributed by atoms with Gasteiger partial charge in [0, 0.05) is 34.1 Å². The Balaban J connectivity index is 0.00000121. The van der Waals surface area contributed by atoms with Crippen molar-refractivity contribution in [2.24, 2.45) is 0 Å². The Morgan fingerprint density at radius 3 is 2.33 bits per heavy atom. The van der Waals surface area contributed by atoms with E-state index >= 15 is 0 Å². The van der Waals surface area contributed by atoms with Gasteiger partial charge in [-0.05, 0) is 12.0 Å². The molecular formula is C9H10HgO2. The molecule has 1 aromatic carbocycles. The van der Waals surface area contributed by atoms with E-state index in [1.54, 1.807) is 0 Å². The predicted molar refractivity (Wildman–Crippen MR) is 42.4 cm³/mol. The minimum Gasteiger partial charge on any atom is -0.481 e. The van der Waals surface area contributed by atoms with E-state index < -0.39 is 5.97 Å². The molecule has 0 aliphatic heterocycles. The topological polar surface area (TPSA) is 37.3 Å². The molecule has 0 atom stereocenters. The van der Waals surface area contributed by atoms with Gasteiger partial charge in [0.1, 0.15) is 0 Å². The first-order valence-electron chi connectivity index (χ1n) is 3.55. The quantitative estimate of drug-likeness (QED) is 0.843. The van der Waals surface area contributed by atoms with Gasteiger partial charge in [-0.3, -0.25) is 4.79 Å². The average molecular weight is 351 g/mol. The van der Waals surface area contributed by atoms with Gasteiger partial charge in [0.15, 0.2) is 0 Å². The number of aryl methyl sites for hydroxylation is 1. The van der Waals surface area contributed by atoms with E-state index in [0.29, 0.717) is 6.42 Å². The van der Waals surface area contributed by atoms with Crippen LogP contribution in [0.5, 0.6) is 0 Å². The van der Waals surface area contributed by atoms with Crippen molar-refractivity contribution < 1.29 is 37.6 Å². The molecule has 1 aromatic rings. The number of rotatable bonds is 3. The number of hydrogen-bond donors (Lipinski definition) is 1. The molecule has 0 amide bonds. The molecule has 0 saturated carbocycles. The van der Waals surface area contributed by atoms with E-state index in [9.17, 15) is 4.79 Å². The SMILES string of the molecule is O=C(O)CCc1ccccc1.[Hg]. The zero-order valence-electron chi connectivity index (χ0n) is 6.86. The second kappa shape index (κ2) is 6.18. The van der Waals surface area contributed by atoms with Gasteiger partial charge in [-0.2, -0.15) is 0 Å². The summed E-state index contributed by atoms with van der Waals surface area (Å²) in [4.78, 5) is 10.2. The van der Waals surface area contributed by atoms with Crippen molar-refractivity contribution in [1.82, 2.24) is 0 Å². The smallest absolute Gasteiger partial charge is 0.303 e. The fourth-order valence-corrected chi connectivity index (χ4v) is 0.896. The summed E-state index contributed by atoms with van der Waals surface area (Å²) in [7, 11) is 0. The summed E-state index contributed by atoms with van der Waals surface area (Å²) in [5, 5.41) is 8.37.